The fourth-order valence-corrected chi connectivity index (χ4v) is 4.35. The van der Waals surface area contributed by atoms with Crippen molar-refractivity contribution < 1.29 is 4.79 Å². The lowest BCUT2D eigenvalue weighted by molar-refractivity contribution is -0.113. The minimum atomic E-state index is -1.80. The van der Waals surface area contributed by atoms with Crippen LogP contribution in [0.1, 0.15) is 12.0 Å². The second kappa shape index (κ2) is 7.19. The van der Waals surface area contributed by atoms with Crippen LogP contribution in [0.25, 0.3) is 6.08 Å². The zero-order valence-electron chi connectivity index (χ0n) is 13.3. The van der Waals surface area contributed by atoms with Crippen molar-refractivity contribution in [1.29, 1.82) is 0 Å². The molecule has 0 saturated heterocycles. The molecule has 0 amide bonds. The number of allylic oxidation sites excluding steroid dienone is 2. The van der Waals surface area contributed by atoms with Crippen LogP contribution < -0.4 is 5.19 Å². The van der Waals surface area contributed by atoms with Gasteiger partial charge in [0.15, 0.2) is 5.78 Å². The monoisotopic (exact) mass is 306 g/mol. The molecule has 2 heteroatoms. The van der Waals surface area contributed by atoms with Crippen molar-refractivity contribution in [3.63, 3.8) is 0 Å². The van der Waals surface area contributed by atoms with Crippen molar-refractivity contribution in [2.24, 2.45) is 0 Å². The topological polar surface area (TPSA) is 17.1 Å². The highest BCUT2D eigenvalue weighted by atomic mass is 28.3. The first-order valence-corrected chi connectivity index (χ1v) is 10.5. The Bertz CT molecular complexity index is 669. The number of benzene rings is 2. The molecule has 2 rings (SSSR count). The van der Waals surface area contributed by atoms with Gasteiger partial charge in [-0.25, -0.2) is 0 Å². The van der Waals surface area contributed by atoms with E-state index in [-0.39, 0.29) is 5.78 Å². The molecule has 0 atom stereocenters. The van der Waals surface area contributed by atoms with Crippen LogP contribution in [0.5, 0.6) is 0 Å². The van der Waals surface area contributed by atoms with Crippen LogP contribution in [-0.2, 0) is 4.79 Å². The molecule has 0 radical (unpaired) electrons. The molecule has 0 spiro atoms. The highest BCUT2D eigenvalue weighted by Gasteiger charge is 2.27. The molecule has 0 saturated carbocycles. The standard InChI is InChI=1S/C20H22OSi/c1-17(22(2,3)20-12-8-5-9-13-20)16-19(21)15-14-18-10-6-4-7-11-18/h4-15H,1,16H2,2-3H3/b15-14+. The molecule has 2 aromatic rings. The predicted octanol–water partition coefficient (Wildman–Crippen LogP) is 4.37. The summed E-state index contributed by atoms with van der Waals surface area (Å²) in [4.78, 5) is 12.2. The summed E-state index contributed by atoms with van der Waals surface area (Å²) in [5.41, 5.74) is 1.04. The van der Waals surface area contributed by atoms with Gasteiger partial charge in [0.1, 0.15) is 8.07 Å². The van der Waals surface area contributed by atoms with Gasteiger partial charge in [0.05, 0.1) is 0 Å². The van der Waals surface area contributed by atoms with Gasteiger partial charge in [0.25, 0.3) is 0 Å². The van der Waals surface area contributed by atoms with Crippen LogP contribution in [-0.4, -0.2) is 13.9 Å². The van der Waals surface area contributed by atoms with Gasteiger partial charge in [0, 0.05) is 6.42 Å². The number of hydrogen-bond donors (Lipinski definition) is 0. The Morgan fingerprint density at radius 3 is 2.14 bits per heavy atom. The third kappa shape index (κ3) is 4.15. The van der Waals surface area contributed by atoms with E-state index in [9.17, 15) is 4.79 Å². The van der Waals surface area contributed by atoms with E-state index in [1.165, 1.54) is 5.19 Å². The van der Waals surface area contributed by atoms with E-state index >= 15 is 0 Å². The van der Waals surface area contributed by atoms with Gasteiger partial charge in [0.2, 0.25) is 0 Å². The highest BCUT2D eigenvalue weighted by molar-refractivity contribution is 6.95. The summed E-state index contributed by atoms with van der Waals surface area (Å²) in [6, 6.07) is 20.3. The average molecular weight is 306 g/mol. The Labute approximate surface area is 134 Å². The molecular formula is C20H22OSi. The summed E-state index contributed by atoms with van der Waals surface area (Å²) in [6.45, 7) is 8.70. The zero-order valence-corrected chi connectivity index (χ0v) is 14.3. The lowest BCUT2D eigenvalue weighted by Gasteiger charge is -2.25. The first kappa shape index (κ1) is 16.2. The van der Waals surface area contributed by atoms with Crippen molar-refractivity contribution in [3.8, 4) is 0 Å². The maximum absolute atomic E-state index is 12.2. The highest BCUT2D eigenvalue weighted by Crippen LogP contribution is 2.17. The molecule has 0 fully saturated rings. The Balaban J connectivity index is 2.02. The molecule has 1 nitrogen and oxygen atoms in total. The molecule has 0 bridgehead atoms. The lowest BCUT2D eigenvalue weighted by Crippen LogP contribution is -2.43. The zero-order chi connectivity index (χ0) is 16.0. The molecule has 0 N–H and O–H groups in total. The van der Waals surface area contributed by atoms with Crippen LogP contribution in [0.2, 0.25) is 13.1 Å². The first-order chi connectivity index (χ1) is 10.5. The Morgan fingerprint density at radius 1 is 1.00 bits per heavy atom. The maximum atomic E-state index is 12.2. The van der Waals surface area contributed by atoms with Crippen LogP contribution >= 0.6 is 0 Å². The summed E-state index contributed by atoms with van der Waals surface area (Å²) in [5, 5.41) is 2.39. The van der Waals surface area contributed by atoms with E-state index in [0.29, 0.717) is 6.42 Å². The Hall–Kier alpha value is -2.19. The van der Waals surface area contributed by atoms with Gasteiger partial charge in [-0.1, -0.05) is 90.2 Å². The molecular weight excluding hydrogens is 284 g/mol. The van der Waals surface area contributed by atoms with E-state index < -0.39 is 8.07 Å². The third-order valence-electron chi connectivity index (χ3n) is 4.03. The molecule has 0 aliphatic carbocycles. The van der Waals surface area contributed by atoms with Crippen LogP contribution in [0.4, 0.5) is 0 Å². The van der Waals surface area contributed by atoms with Crippen molar-refractivity contribution >= 4 is 25.1 Å². The Morgan fingerprint density at radius 2 is 1.55 bits per heavy atom. The van der Waals surface area contributed by atoms with Gasteiger partial charge in [-0.05, 0) is 11.6 Å². The van der Waals surface area contributed by atoms with Crippen molar-refractivity contribution in [3.05, 3.63) is 84.1 Å². The summed E-state index contributed by atoms with van der Waals surface area (Å²) in [5.74, 6) is 0.116. The molecule has 112 valence electrons. The summed E-state index contributed by atoms with van der Waals surface area (Å²) >= 11 is 0. The number of carbonyl (C=O) groups excluding carboxylic acids is 1. The maximum Gasteiger partial charge on any atom is 0.159 e. The second-order valence-electron chi connectivity index (χ2n) is 5.98. The molecule has 0 aliphatic heterocycles. The molecule has 0 aliphatic rings. The van der Waals surface area contributed by atoms with Crippen molar-refractivity contribution in [2.75, 3.05) is 0 Å². The Kier molecular flexibility index (Phi) is 5.29. The van der Waals surface area contributed by atoms with Gasteiger partial charge in [-0.3, -0.25) is 4.79 Å². The fraction of sp³-hybridized carbons (Fsp3) is 0.150. The summed E-state index contributed by atoms with van der Waals surface area (Å²) < 4.78 is 0. The van der Waals surface area contributed by atoms with Gasteiger partial charge >= 0.3 is 0 Å². The lowest BCUT2D eigenvalue weighted by atomic mass is 10.2. The van der Waals surface area contributed by atoms with Crippen LogP contribution in [0.3, 0.4) is 0 Å². The SMILES string of the molecule is C=C(CC(=O)/C=C/c1ccccc1)[Si](C)(C)c1ccccc1. The van der Waals surface area contributed by atoms with Crippen LogP contribution in [0, 0.1) is 0 Å². The normalized spacial score (nSPS) is 11.5. The third-order valence-corrected chi connectivity index (χ3v) is 7.75. The molecule has 0 heterocycles. The quantitative estimate of drug-likeness (QED) is 0.572. The van der Waals surface area contributed by atoms with E-state index in [0.717, 1.165) is 10.8 Å². The largest absolute Gasteiger partial charge is 0.295 e. The molecule has 0 aromatic heterocycles. The van der Waals surface area contributed by atoms with E-state index in [1.807, 2.05) is 42.5 Å². The van der Waals surface area contributed by atoms with Gasteiger partial charge < -0.3 is 0 Å². The van der Waals surface area contributed by atoms with Gasteiger partial charge in [-0.15, -0.1) is 6.58 Å². The van der Waals surface area contributed by atoms with Crippen molar-refractivity contribution in [1.82, 2.24) is 0 Å². The van der Waals surface area contributed by atoms with Crippen LogP contribution in [0.15, 0.2) is 78.5 Å². The summed E-state index contributed by atoms with van der Waals surface area (Å²) in [7, 11) is -1.80. The van der Waals surface area contributed by atoms with E-state index in [2.05, 4.69) is 43.9 Å². The molecule has 2 aromatic carbocycles. The molecule has 22 heavy (non-hydrogen) atoms. The minimum Gasteiger partial charge on any atom is -0.295 e. The number of carbonyl (C=O) groups is 1. The van der Waals surface area contributed by atoms with E-state index in [1.54, 1.807) is 6.08 Å². The number of rotatable bonds is 6. The fourth-order valence-electron chi connectivity index (χ4n) is 2.30. The van der Waals surface area contributed by atoms with E-state index in [4.69, 9.17) is 0 Å². The van der Waals surface area contributed by atoms with Gasteiger partial charge in [-0.2, -0.15) is 0 Å². The summed E-state index contributed by atoms with van der Waals surface area (Å²) in [6.07, 6.45) is 3.96. The minimum absolute atomic E-state index is 0.116. The molecule has 0 unspecified atom stereocenters. The van der Waals surface area contributed by atoms with Crippen molar-refractivity contribution in [2.45, 2.75) is 19.5 Å². The number of ketones is 1. The second-order valence-corrected chi connectivity index (χ2v) is 10.5. The average Bonchev–Trinajstić information content (AvgIpc) is 2.54. The number of hydrogen-bond acceptors (Lipinski definition) is 1. The predicted molar refractivity (Wildman–Crippen MR) is 97.8 cm³/mol. The first-order valence-electron chi connectivity index (χ1n) is 7.50. The smallest absolute Gasteiger partial charge is 0.159 e.